The van der Waals surface area contributed by atoms with Crippen molar-refractivity contribution < 1.29 is 9.59 Å². The molecule has 1 fully saturated rings. The third kappa shape index (κ3) is 3.93. The van der Waals surface area contributed by atoms with Gasteiger partial charge in [0.15, 0.2) is 11.0 Å². The molecule has 154 valence electrons. The Morgan fingerprint density at radius 1 is 1.03 bits per heavy atom. The van der Waals surface area contributed by atoms with Crippen molar-refractivity contribution in [1.82, 2.24) is 25.0 Å². The summed E-state index contributed by atoms with van der Waals surface area (Å²) in [5, 5.41) is 12.8. The van der Waals surface area contributed by atoms with Gasteiger partial charge in [-0.3, -0.25) is 14.3 Å². The highest BCUT2D eigenvalue weighted by Crippen LogP contribution is 2.29. The molecule has 0 radical (unpaired) electrons. The maximum Gasteiger partial charge on any atom is 0.325 e. The van der Waals surface area contributed by atoms with Crippen molar-refractivity contribution in [3.05, 3.63) is 59.6 Å². The van der Waals surface area contributed by atoms with Gasteiger partial charge in [-0.05, 0) is 50.2 Å². The lowest BCUT2D eigenvalue weighted by atomic mass is 10.1. The molecule has 0 unspecified atom stereocenters. The first-order valence-corrected chi connectivity index (χ1v) is 10.8. The van der Waals surface area contributed by atoms with E-state index in [9.17, 15) is 9.59 Å². The summed E-state index contributed by atoms with van der Waals surface area (Å²) in [6.07, 6.45) is 0. The molecule has 0 spiro atoms. The van der Waals surface area contributed by atoms with Crippen LogP contribution in [0.15, 0.2) is 59.8 Å². The molecule has 3 amide bonds. The van der Waals surface area contributed by atoms with Crippen molar-refractivity contribution in [2.45, 2.75) is 24.5 Å². The van der Waals surface area contributed by atoms with Crippen LogP contribution >= 0.6 is 23.4 Å². The van der Waals surface area contributed by atoms with Crippen molar-refractivity contribution in [2.75, 3.05) is 12.3 Å². The Hall–Kier alpha value is -2.84. The third-order valence-electron chi connectivity index (χ3n) is 4.74. The van der Waals surface area contributed by atoms with E-state index in [1.165, 1.54) is 16.7 Å². The van der Waals surface area contributed by atoms with Crippen LogP contribution in [0.3, 0.4) is 0 Å². The normalized spacial score (nSPS) is 15.5. The largest absolute Gasteiger partial charge is 0.325 e. The number of thioether (sulfide) groups is 1. The van der Waals surface area contributed by atoms with Gasteiger partial charge >= 0.3 is 6.03 Å². The summed E-state index contributed by atoms with van der Waals surface area (Å²) in [5.41, 5.74) is 0.942. The third-order valence-corrected chi connectivity index (χ3v) is 5.90. The van der Waals surface area contributed by atoms with E-state index < -0.39 is 5.54 Å². The summed E-state index contributed by atoms with van der Waals surface area (Å²) in [6, 6.07) is 16.9. The van der Waals surface area contributed by atoms with E-state index in [-0.39, 0.29) is 18.5 Å². The van der Waals surface area contributed by atoms with Gasteiger partial charge in [-0.1, -0.05) is 41.6 Å². The van der Waals surface area contributed by atoms with Crippen molar-refractivity contribution in [3.8, 4) is 17.1 Å². The zero-order chi connectivity index (χ0) is 21.3. The minimum Gasteiger partial charge on any atom is -0.324 e. The van der Waals surface area contributed by atoms with Crippen molar-refractivity contribution >= 4 is 35.3 Å². The van der Waals surface area contributed by atoms with Gasteiger partial charge in [-0.25, -0.2) is 4.79 Å². The van der Waals surface area contributed by atoms with Crippen LogP contribution in [0.4, 0.5) is 4.79 Å². The number of halogens is 1. The molecular weight excluding hydrogens is 422 g/mol. The van der Waals surface area contributed by atoms with Gasteiger partial charge in [-0.15, -0.1) is 10.2 Å². The lowest BCUT2D eigenvalue weighted by Crippen LogP contribution is -2.40. The Bertz CT molecular complexity index is 1080. The number of carbonyl (C=O) groups excluding carboxylic acids is 2. The topological polar surface area (TPSA) is 80.1 Å². The summed E-state index contributed by atoms with van der Waals surface area (Å²) in [7, 11) is 0. The fraction of sp³-hybridized carbons (Fsp3) is 0.238. The van der Waals surface area contributed by atoms with E-state index in [0.717, 1.165) is 11.3 Å². The zero-order valence-corrected chi connectivity index (χ0v) is 18.1. The SMILES string of the molecule is CC1(C)NC(=O)N(CCSc2nnc(-c3ccc(Cl)cc3)n2-c2ccccc2)C1=O. The lowest BCUT2D eigenvalue weighted by Gasteiger charge is -2.16. The predicted molar refractivity (Wildman–Crippen MR) is 117 cm³/mol. The number of rotatable bonds is 6. The van der Waals surface area contributed by atoms with Crippen LogP contribution in [0.5, 0.6) is 0 Å². The molecule has 1 N–H and O–H groups in total. The molecule has 1 aliphatic rings. The number of carbonyl (C=O) groups is 2. The molecule has 9 heteroatoms. The van der Waals surface area contributed by atoms with Crippen LogP contribution < -0.4 is 5.32 Å². The van der Waals surface area contributed by atoms with Crippen LogP contribution in [0, 0.1) is 0 Å². The maximum absolute atomic E-state index is 12.4. The van der Waals surface area contributed by atoms with Gasteiger partial charge in [0.25, 0.3) is 5.91 Å². The second-order valence-electron chi connectivity index (χ2n) is 7.34. The average molecular weight is 442 g/mol. The Labute approximate surface area is 183 Å². The smallest absolute Gasteiger partial charge is 0.324 e. The molecule has 0 aliphatic carbocycles. The predicted octanol–water partition coefficient (Wildman–Crippen LogP) is 4.01. The van der Waals surface area contributed by atoms with Gasteiger partial charge in [0.2, 0.25) is 0 Å². The quantitative estimate of drug-likeness (QED) is 0.461. The summed E-state index contributed by atoms with van der Waals surface area (Å²) in [4.78, 5) is 25.7. The van der Waals surface area contributed by atoms with E-state index in [1.54, 1.807) is 13.8 Å². The second kappa shape index (κ2) is 8.12. The molecule has 0 saturated carbocycles. The van der Waals surface area contributed by atoms with Crippen LogP contribution in [0.2, 0.25) is 5.02 Å². The first-order valence-electron chi connectivity index (χ1n) is 9.40. The summed E-state index contributed by atoms with van der Waals surface area (Å²) < 4.78 is 1.96. The summed E-state index contributed by atoms with van der Waals surface area (Å²) in [6.45, 7) is 3.69. The number of hydrogen-bond acceptors (Lipinski definition) is 5. The van der Waals surface area contributed by atoms with E-state index in [2.05, 4.69) is 15.5 Å². The number of nitrogens with one attached hydrogen (secondary N) is 1. The van der Waals surface area contributed by atoms with Crippen LogP contribution in [-0.4, -0.2) is 49.4 Å². The van der Waals surface area contributed by atoms with Gasteiger partial charge in [-0.2, -0.15) is 0 Å². The van der Waals surface area contributed by atoms with Gasteiger partial charge in [0.1, 0.15) is 5.54 Å². The first-order chi connectivity index (χ1) is 14.4. The number of hydrogen-bond donors (Lipinski definition) is 1. The molecule has 3 aromatic rings. The van der Waals surface area contributed by atoms with Crippen LogP contribution in [0.1, 0.15) is 13.8 Å². The molecule has 30 heavy (non-hydrogen) atoms. The van der Waals surface area contributed by atoms with E-state index in [1.807, 2.05) is 59.2 Å². The van der Waals surface area contributed by atoms with E-state index in [0.29, 0.717) is 21.8 Å². The second-order valence-corrected chi connectivity index (χ2v) is 8.84. The molecule has 1 saturated heterocycles. The number of imide groups is 1. The van der Waals surface area contributed by atoms with Crippen LogP contribution in [0.25, 0.3) is 17.1 Å². The van der Waals surface area contributed by atoms with Gasteiger partial charge in [0.05, 0.1) is 0 Å². The van der Waals surface area contributed by atoms with Gasteiger partial charge in [0, 0.05) is 28.6 Å². The molecule has 1 aliphatic heterocycles. The number of aromatic nitrogens is 3. The van der Waals surface area contributed by atoms with Crippen molar-refractivity contribution in [1.29, 1.82) is 0 Å². The standard InChI is InChI=1S/C21H20ClN5O2S/c1-21(2)18(28)26(19(29)23-21)12-13-30-20-25-24-17(14-8-10-15(22)11-9-14)27(20)16-6-4-3-5-7-16/h3-11H,12-13H2,1-2H3,(H,23,29). The Balaban J connectivity index is 1.59. The van der Waals surface area contributed by atoms with E-state index in [4.69, 9.17) is 11.6 Å². The molecule has 2 aromatic carbocycles. The Morgan fingerprint density at radius 2 is 1.73 bits per heavy atom. The summed E-state index contributed by atoms with van der Waals surface area (Å²) >= 11 is 7.46. The number of benzene rings is 2. The number of amides is 3. The minimum absolute atomic E-state index is 0.223. The highest BCUT2D eigenvalue weighted by atomic mass is 35.5. The molecule has 0 atom stereocenters. The Morgan fingerprint density at radius 3 is 2.37 bits per heavy atom. The molecule has 4 rings (SSSR count). The first kappa shape index (κ1) is 20.4. The number of para-hydroxylation sites is 1. The van der Waals surface area contributed by atoms with E-state index >= 15 is 0 Å². The molecule has 2 heterocycles. The number of nitrogens with zero attached hydrogens (tertiary/aromatic N) is 4. The fourth-order valence-corrected chi connectivity index (χ4v) is 4.21. The molecule has 1 aromatic heterocycles. The average Bonchev–Trinajstić information content (AvgIpc) is 3.23. The molecular formula is C21H20ClN5O2S. The monoisotopic (exact) mass is 441 g/mol. The van der Waals surface area contributed by atoms with Gasteiger partial charge < -0.3 is 5.32 Å². The molecule has 7 nitrogen and oxygen atoms in total. The minimum atomic E-state index is -0.867. The highest BCUT2D eigenvalue weighted by molar-refractivity contribution is 7.99. The van der Waals surface area contributed by atoms with Crippen LogP contribution in [-0.2, 0) is 4.79 Å². The zero-order valence-electron chi connectivity index (χ0n) is 16.5. The Kier molecular flexibility index (Phi) is 5.53. The maximum atomic E-state index is 12.4. The number of urea groups is 1. The summed E-state index contributed by atoms with van der Waals surface area (Å²) in [5.74, 6) is 0.969. The van der Waals surface area contributed by atoms with Crippen molar-refractivity contribution in [2.24, 2.45) is 0 Å². The molecule has 0 bridgehead atoms. The lowest BCUT2D eigenvalue weighted by molar-refractivity contribution is -0.130. The van der Waals surface area contributed by atoms with Crippen molar-refractivity contribution in [3.63, 3.8) is 0 Å². The highest BCUT2D eigenvalue weighted by Gasteiger charge is 2.43. The fourth-order valence-electron chi connectivity index (χ4n) is 3.21.